The monoisotopic (exact) mass is 390 g/mol. The van der Waals surface area contributed by atoms with E-state index in [4.69, 9.17) is 9.15 Å². The van der Waals surface area contributed by atoms with E-state index in [0.717, 1.165) is 14.8 Å². The summed E-state index contributed by atoms with van der Waals surface area (Å²) in [5, 5.41) is 0.772. The molecule has 0 unspecified atom stereocenters. The van der Waals surface area contributed by atoms with Gasteiger partial charge in [0.15, 0.2) is 0 Å². The van der Waals surface area contributed by atoms with Crippen molar-refractivity contribution >= 4 is 44.6 Å². The Labute approximate surface area is 144 Å². The van der Waals surface area contributed by atoms with E-state index in [9.17, 15) is 9.59 Å². The third kappa shape index (κ3) is 4.24. The van der Waals surface area contributed by atoms with Crippen LogP contribution in [0.5, 0.6) is 5.75 Å². The lowest BCUT2D eigenvalue weighted by Crippen LogP contribution is -2.10. The fourth-order valence-corrected chi connectivity index (χ4v) is 2.87. The lowest BCUT2D eigenvalue weighted by molar-refractivity contribution is -0.131. The van der Waals surface area contributed by atoms with Crippen LogP contribution in [0, 0.1) is 0 Å². The molecule has 0 fully saturated rings. The summed E-state index contributed by atoms with van der Waals surface area (Å²) in [6.07, 6.45) is 0. The second-order valence-corrected chi connectivity index (χ2v) is 6.64. The van der Waals surface area contributed by atoms with Crippen LogP contribution in [0.15, 0.2) is 73.2 Å². The maximum absolute atomic E-state index is 11.9. The lowest BCUT2D eigenvalue weighted by Gasteiger charge is -2.05. The van der Waals surface area contributed by atoms with E-state index in [2.05, 4.69) is 15.9 Å². The molecule has 4 nitrogen and oxygen atoms in total. The number of rotatable bonds is 4. The molecule has 0 saturated heterocycles. The second kappa shape index (κ2) is 7.02. The molecule has 0 aliphatic carbocycles. The summed E-state index contributed by atoms with van der Waals surface area (Å²) >= 11 is 4.76. The van der Waals surface area contributed by atoms with Crippen LogP contribution in [-0.4, -0.2) is 11.7 Å². The van der Waals surface area contributed by atoms with Crippen LogP contribution in [0.1, 0.15) is 0 Å². The molecule has 0 aliphatic rings. The molecular formula is C17H11BrO4S. The molecule has 3 aromatic rings. The molecule has 23 heavy (non-hydrogen) atoms. The number of carbonyl (C=O) groups excluding carboxylic acids is 1. The van der Waals surface area contributed by atoms with Gasteiger partial charge in [0.2, 0.25) is 0 Å². The van der Waals surface area contributed by atoms with Crippen molar-refractivity contribution in [3.05, 3.63) is 69.5 Å². The number of halogens is 1. The number of fused-ring (bicyclic) bond motifs is 1. The van der Waals surface area contributed by atoms with E-state index in [1.807, 2.05) is 24.3 Å². The third-order valence-corrected chi connectivity index (χ3v) is 4.51. The molecule has 1 heterocycles. The molecule has 3 rings (SSSR count). The first-order chi connectivity index (χ1) is 11.1. The third-order valence-electron chi connectivity index (χ3n) is 3.00. The van der Waals surface area contributed by atoms with E-state index >= 15 is 0 Å². The fourth-order valence-electron chi connectivity index (χ4n) is 1.94. The summed E-state index contributed by atoms with van der Waals surface area (Å²) in [6, 6.07) is 15.6. The standard InChI is InChI=1S/C17H11BrO4S/c18-12-3-6-14(7-4-12)23-10-17(20)21-13-5-1-11-2-8-16(19)22-15(11)9-13/h1-9H,10H2. The average molecular weight is 391 g/mol. The lowest BCUT2D eigenvalue weighted by atomic mass is 10.2. The highest BCUT2D eigenvalue weighted by Gasteiger charge is 2.08. The number of esters is 1. The smallest absolute Gasteiger partial charge is 0.336 e. The van der Waals surface area contributed by atoms with Gasteiger partial charge >= 0.3 is 11.6 Å². The predicted octanol–water partition coefficient (Wildman–Crippen LogP) is 4.25. The van der Waals surface area contributed by atoms with Crippen LogP contribution in [0.3, 0.4) is 0 Å². The Balaban J connectivity index is 1.65. The van der Waals surface area contributed by atoms with Crippen molar-refractivity contribution in [1.29, 1.82) is 0 Å². The Morgan fingerprint density at radius 1 is 1.09 bits per heavy atom. The SMILES string of the molecule is O=C(CSc1ccc(Br)cc1)Oc1ccc2ccc(=O)oc2c1. The Bertz CT molecular complexity index is 902. The predicted molar refractivity (Wildman–Crippen MR) is 93.0 cm³/mol. The van der Waals surface area contributed by atoms with Crippen LogP contribution in [-0.2, 0) is 4.79 Å². The van der Waals surface area contributed by atoms with Gasteiger partial charge in [-0.15, -0.1) is 11.8 Å². The van der Waals surface area contributed by atoms with Gasteiger partial charge in [-0.1, -0.05) is 15.9 Å². The van der Waals surface area contributed by atoms with Gasteiger partial charge in [-0.3, -0.25) is 4.79 Å². The number of benzene rings is 2. The first-order valence-electron chi connectivity index (χ1n) is 6.73. The summed E-state index contributed by atoms with van der Waals surface area (Å²) < 4.78 is 11.3. The molecule has 0 N–H and O–H groups in total. The Kier molecular flexibility index (Phi) is 4.83. The molecule has 0 aliphatic heterocycles. The highest BCUT2D eigenvalue weighted by atomic mass is 79.9. The van der Waals surface area contributed by atoms with E-state index in [1.54, 1.807) is 24.3 Å². The van der Waals surface area contributed by atoms with Crippen LogP contribution in [0.25, 0.3) is 11.0 Å². The topological polar surface area (TPSA) is 56.5 Å². The van der Waals surface area contributed by atoms with E-state index in [-0.39, 0.29) is 11.7 Å². The molecule has 1 aromatic heterocycles. The first kappa shape index (κ1) is 15.8. The minimum absolute atomic E-state index is 0.193. The zero-order valence-electron chi connectivity index (χ0n) is 11.8. The van der Waals surface area contributed by atoms with Crippen molar-refractivity contribution < 1.29 is 13.9 Å². The van der Waals surface area contributed by atoms with Gasteiger partial charge in [0.25, 0.3) is 0 Å². The molecular weight excluding hydrogens is 380 g/mol. The van der Waals surface area contributed by atoms with Crippen molar-refractivity contribution in [3.63, 3.8) is 0 Å². The minimum Gasteiger partial charge on any atom is -0.426 e. The van der Waals surface area contributed by atoms with Crippen molar-refractivity contribution in [1.82, 2.24) is 0 Å². The number of thioether (sulfide) groups is 1. The van der Waals surface area contributed by atoms with Gasteiger partial charge in [-0.05, 0) is 42.5 Å². The quantitative estimate of drug-likeness (QED) is 0.288. The van der Waals surface area contributed by atoms with Crippen molar-refractivity contribution in [2.75, 3.05) is 5.75 Å². The van der Waals surface area contributed by atoms with E-state index in [0.29, 0.717) is 11.3 Å². The summed E-state index contributed by atoms with van der Waals surface area (Å²) in [4.78, 5) is 24.1. The summed E-state index contributed by atoms with van der Waals surface area (Å²) in [6.45, 7) is 0. The first-order valence-corrected chi connectivity index (χ1v) is 8.51. The Hall–Kier alpha value is -2.05. The average Bonchev–Trinajstić information content (AvgIpc) is 2.54. The van der Waals surface area contributed by atoms with E-state index in [1.165, 1.54) is 17.8 Å². The number of carbonyl (C=O) groups is 1. The van der Waals surface area contributed by atoms with Crippen LogP contribution >= 0.6 is 27.7 Å². The van der Waals surface area contributed by atoms with Crippen molar-refractivity contribution in [2.45, 2.75) is 4.90 Å². The van der Waals surface area contributed by atoms with Crippen LogP contribution in [0.4, 0.5) is 0 Å². The molecule has 0 radical (unpaired) electrons. The highest BCUT2D eigenvalue weighted by molar-refractivity contribution is 9.10. The largest absolute Gasteiger partial charge is 0.426 e. The maximum atomic E-state index is 11.9. The van der Waals surface area contributed by atoms with Gasteiger partial charge in [-0.25, -0.2) is 4.79 Å². The van der Waals surface area contributed by atoms with Gasteiger partial charge < -0.3 is 9.15 Å². The second-order valence-electron chi connectivity index (χ2n) is 4.67. The minimum atomic E-state index is -0.438. The zero-order chi connectivity index (χ0) is 16.2. The summed E-state index contributed by atoms with van der Waals surface area (Å²) in [5.41, 5.74) is -0.0462. The molecule has 0 amide bonds. The zero-order valence-corrected chi connectivity index (χ0v) is 14.2. The summed E-state index contributed by atoms with van der Waals surface area (Å²) in [5.74, 6) is 0.182. The van der Waals surface area contributed by atoms with Gasteiger partial charge in [0.1, 0.15) is 11.3 Å². The van der Waals surface area contributed by atoms with Crippen LogP contribution < -0.4 is 10.4 Å². The number of ether oxygens (including phenoxy) is 1. The molecule has 0 atom stereocenters. The van der Waals surface area contributed by atoms with Gasteiger partial charge in [-0.2, -0.15) is 0 Å². The van der Waals surface area contributed by atoms with Gasteiger partial charge in [0, 0.05) is 26.9 Å². The molecule has 2 aromatic carbocycles. The molecule has 0 bridgehead atoms. The van der Waals surface area contributed by atoms with Crippen molar-refractivity contribution in [2.24, 2.45) is 0 Å². The Morgan fingerprint density at radius 3 is 2.61 bits per heavy atom. The normalized spacial score (nSPS) is 10.7. The molecule has 0 saturated carbocycles. The molecule has 0 spiro atoms. The van der Waals surface area contributed by atoms with Crippen molar-refractivity contribution in [3.8, 4) is 5.75 Å². The number of hydrogen-bond acceptors (Lipinski definition) is 5. The highest BCUT2D eigenvalue weighted by Crippen LogP contribution is 2.23. The Morgan fingerprint density at radius 2 is 1.83 bits per heavy atom. The van der Waals surface area contributed by atoms with Gasteiger partial charge in [0.05, 0.1) is 5.75 Å². The summed E-state index contributed by atoms with van der Waals surface area (Å²) in [7, 11) is 0. The molecule has 6 heteroatoms. The number of hydrogen-bond donors (Lipinski definition) is 0. The molecule has 116 valence electrons. The van der Waals surface area contributed by atoms with Crippen LogP contribution in [0.2, 0.25) is 0 Å². The fraction of sp³-hybridized carbons (Fsp3) is 0.0588. The van der Waals surface area contributed by atoms with E-state index < -0.39 is 5.63 Å². The maximum Gasteiger partial charge on any atom is 0.336 e.